The molecule has 0 aromatic heterocycles. The van der Waals surface area contributed by atoms with E-state index in [1.807, 2.05) is 24.3 Å². The van der Waals surface area contributed by atoms with Crippen LogP contribution >= 0.6 is 0 Å². The average molecular weight is 523 g/mol. The molecule has 9 nitrogen and oxygen atoms in total. The van der Waals surface area contributed by atoms with Gasteiger partial charge in [-0.3, -0.25) is 9.52 Å². The number of benzene rings is 3. The first-order valence-corrected chi connectivity index (χ1v) is 13.4. The topological polar surface area (TPSA) is 111 Å². The molecule has 192 valence electrons. The summed E-state index contributed by atoms with van der Waals surface area (Å²) in [7, 11) is -4.07. The first-order chi connectivity index (χ1) is 17.8. The molecule has 1 unspecified atom stereocenters. The number of carbonyl (C=O) groups excluding carboxylic acids is 2. The molecule has 3 aromatic rings. The Morgan fingerprint density at radius 1 is 0.973 bits per heavy atom. The lowest BCUT2D eigenvalue weighted by atomic mass is 10.0. The molecular formula is C27H26N2O7S. The summed E-state index contributed by atoms with van der Waals surface area (Å²) >= 11 is 0. The third kappa shape index (κ3) is 5.10. The summed E-state index contributed by atoms with van der Waals surface area (Å²) < 4.78 is 45.1. The van der Waals surface area contributed by atoms with Crippen molar-refractivity contribution in [2.45, 2.75) is 30.8 Å². The molecule has 10 heteroatoms. The Bertz CT molecular complexity index is 1450. The van der Waals surface area contributed by atoms with E-state index < -0.39 is 22.1 Å². The second kappa shape index (κ2) is 10.1. The smallest absolute Gasteiger partial charge is 0.341 e. The maximum Gasteiger partial charge on any atom is 0.341 e. The van der Waals surface area contributed by atoms with E-state index in [9.17, 15) is 18.0 Å². The lowest BCUT2D eigenvalue weighted by Crippen LogP contribution is -2.42. The number of nitrogens with one attached hydrogen (secondary N) is 1. The molecule has 0 saturated carbocycles. The van der Waals surface area contributed by atoms with Crippen molar-refractivity contribution in [1.29, 1.82) is 0 Å². The van der Waals surface area contributed by atoms with Crippen LogP contribution in [0.15, 0.2) is 71.6 Å². The second-order valence-corrected chi connectivity index (χ2v) is 10.4. The highest BCUT2D eigenvalue weighted by Gasteiger charge is 2.30. The Labute approximate surface area is 215 Å². The van der Waals surface area contributed by atoms with Crippen LogP contribution < -0.4 is 19.1 Å². The molecule has 0 radical (unpaired) electrons. The molecule has 0 fully saturated rings. The van der Waals surface area contributed by atoms with Crippen molar-refractivity contribution in [3.8, 4) is 11.5 Å². The summed E-state index contributed by atoms with van der Waals surface area (Å²) in [6, 6.07) is 18.0. The van der Waals surface area contributed by atoms with E-state index in [1.165, 1.54) is 37.3 Å². The van der Waals surface area contributed by atoms with Crippen molar-refractivity contribution >= 4 is 33.3 Å². The number of nitrogens with zero attached hydrogens (tertiary/aromatic N) is 1. The van der Waals surface area contributed by atoms with Gasteiger partial charge in [-0.25, -0.2) is 13.2 Å². The van der Waals surface area contributed by atoms with Crippen molar-refractivity contribution in [2.75, 3.05) is 29.4 Å². The van der Waals surface area contributed by atoms with Crippen molar-refractivity contribution in [3.05, 3.63) is 77.9 Å². The van der Waals surface area contributed by atoms with E-state index in [0.717, 1.165) is 24.1 Å². The highest BCUT2D eigenvalue weighted by atomic mass is 32.2. The van der Waals surface area contributed by atoms with Crippen molar-refractivity contribution in [3.63, 3.8) is 0 Å². The minimum Gasteiger partial charge on any atom is -0.486 e. The molecule has 5 rings (SSSR count). The summed E-state index contributed by atoms with van der Waals surface area (Å²) in [5.41, 5.74) is 1.90. The first-order valence-electron chi connectivity index (χ1n) is 12.0. The lowest BCUT2D eigenvalue weighted by molar-refractivity contribution is -0.126. The van der Waals surface area contributed by atoms with E-state index in [1.54, 1.807) is 17.0 Å². The van der Waals surface area contributed by atoms with Crippen molar-refractivity contribution < 1.29 is 32.2 Å². The molecule has 1 atom stereocenters. The maximum atomic E-state index is 13.2. The SMILES string of the molecule is CC(OC(=O)c1ccccc1NS(=O)(=O)c1ccc2c(c1)OCCO2)C(=O)N1CCCc2ccccc21. The van der Waals surface area contributed by atoms with Gasteiger partial charge in [0.05, 0.1) is 16.1 Å². The summed E-state index contributed by atoms with van der Waals surface area (Å²) in [6.07, 6.45) is 0.625. The number of anilines is 2. The van der Waals surface area contributed by atoms with Gasteiger partial charge in [0.2, 0.25) is 0 Å². The van der Waals surface area contributed by atoms with Gasteiger partial charge >= 0.3 is 5.97 Å². The molecule has 1 amide bonds. The monoisotopic (exact) mass is 522 g/mol. The summed E-state index contributed by atoms with van der Waals surface area (Å²) in [5.74, 6) is -0.362. The molecule has 37 heavy (non-hydrogen) atoms. The standard InChI is InChI=1S/C27H26N2O7S/c1-18(26(30)29-14-6-8-19-7-2-5-11-23(19)29)36-27(31)21-9-3-4-10-22(21)28-37(32,33)20-12-13-24-25(17-20)35-16-15-34-24/h2-5,7,9-13,17-18,28H,6,8,14-16H2,1H3. The Balaban J connectivity index is 1.33. The Hall–Kier alpha value is -4.05. The Morgan fingerprint density at radius 3 is 2.54 bits per heavy atom. The number of sulfonamides is 1. The number of rotatable bonds is 6. The Morgan fingerprint density at radius 2 is 1.70 bits per heavy atom. The predicted molar refractivity (Wildman–Crippen MR) is 137 cm³/mol. The minimum atomic E-state index is -4.07. The number of fused-ring (bicyclic) bond motifs is 2. The third-order valence-electron chi connectivity index (χ3n) is 6.22. The normalized spacial score (nSPS) is 15.3. The van der Waals surface area contributed by atoms with Crippen molar-refractivity contribution in [2.24, 2.45) is 0 Å². The van der Waals surface area contributed by atoms with Gasteiger partial charge in [-0.1, -0.05) is 30.3 Å². The average Bonchev–Trinajstić information content (AvgIpc) is 2.92. The molecule has 2 heterocycles. The molecule has 2 aliphatic heterocycles. The highest BCUT2D eigenvalue weighted by Crippen LogP contribution is 2.33. The summed E-state index contributed by atoms with van der Waals surface area (Å²) in [4.78, 5) is 27.8. The largest absolute Gasteiger partial charge is 0.486 e. The van der Waals surface area contributed by atoms with Crippen LogP contribution in [0.4, 0.5) is 11.4 Å². The van der Waals surface area contributed by atoms with E-state index in [0.29, 0.717) is 31.3 Å². The molecule has 3 aromatic carbocycles. The van der Waals surface area contributed by atoms with Crippen LogP contribution in [0, 0.1) is 0 Å². The molecule has 0 saturated heterocycles. The van der Waals surface area contributed by atoms with Gasteiger partial charge < -0.3 is 19.1 Å². The summed E-state index contributed by atoms with van der Waals surface area (Å²) in [5, 5.41) is 0. The number of carbonyl (C=O) groups is 2. The number of para-hydroxylation sites is 2. The van der Waals surface area contributed by atoms with Crippen molar-refractivity contribution in [1.82, 2.24) is 0 Å². The fraction of sp³-hybridized carbons (Fsp3) is 0.259. The highest BCUT2D eigenvalue weighted by molar-refractivity contribution is 7.92. The number of amides is 1. The van der Waals surface area contributed by atoms with Crippen LogP contribution in [0.1, 0.15) is 29.3 Å². The maximum absolute atomic E-state index is 13.2. The van der Waals surface area contributed by atoms with Crippen LogP contribution in [0.2, 0.25) is 0 Å². The lowest BCUT2D eigenvalue weighted by Gasteiger charge is -2.31. The van der Waals surface area contributed by atoms with Crippen LogP contribution in [-0.2, 0) is 26.0 Å². The van der Waals surface area contributed by atoms with Gasteiger partial charge in [-0.2, -0.15) is 0 Å². The molecule has 1 N–H and O–H groups in total. The minimum absolute atomic E-state index is 0.0117. The van der Waals surface area contributed by atoms with Gasteiger partial charge in [0.25, 0.3) is 15.9 Å². The van der Waals surface area contributed by atoms with Crippen LogP contribution in [0.25, 0.3) is 0 Å². The predicted octanol–water partition coefficient (Wildman–Crippen LogP) is 3.78. The number of esters is 1. The number of ether oxygens (including phenoxy) is 3. The zero-order valence-corrected chi connectivity index (χ0v) is 21.0. The van der Waals surface area contributed by atoms with E-state index in [-0.39, 0.29) is 22.1 Å². The fourth-order valence-corrected chi connectivity index (χ4v) is 5.50. The van der Waals surface area contributed by atoms with Gasteiger partial charge in [-0.05, 0) is 55.7 Å². The number of aryl methyl sites for hydroxylation is 1. The van der Waals surface area contributed by atoms with Crippen LogP contribution in [-0.4, -0.2) is 46.2 Å². The van der Waals surface area contributed by atoms with Gasteiger partial charge in [-0.15, -0.1) is 0 Å². The molecule has 0 spiro atoms. The van der Waals surface area contributed by atoms with Gasteiger partial charge in [0.15, 0.2) is 17.6 Å². The van der Waals surface area contributed by atoms with Crippen LogP contribution in [0.3, 0.4) is 0 Å². The zero-order chi connectivity index (χ0) is 26.0. The first kappa shape index (κ1) is 24.6. The fourth-order valence-electron chi connectivity index (χ4n) is 4.40. The van der Waals surface area contributed by atoms with Gasteiger partial charge in [0, 0.05) is 18.3 Å². The van der Waals surface area contributed by atoms with E-state index in [2.05, 4.69) is 4.72 Å². The van der Waals surface area contributed by atoms with Crippen LogP contribution in [0.5, 0.6) is 11.5 Å². The zero-order valence-electron chi connectivity index (χ0n) is 20.2. The quantitative estimate of drug-likeness (QED) is 0.491. The second-order valence-electron chi connectivity index (χ2n) is 8.73. The molecule has 2 aliphatic rings. The molecule has 0 aliphatic carbocycles. The van der Waals surface area contributed by atoms with Gasteiger partial charge in [0.1, 0.15) is 13.2 Å². The molecule has 0 bridgehead atoms. The number of hydrogen-bond donors (Lipinski definition) is 1. The van der Waals surface area contributed by atoms with E-state index >= 15 is 0 Å². The number of hydrogen-bond acceptors (Lipinski definition) is 7. The molecular weight excluding hydrogens is 496 g/mol. The third-order valence-corrected chi connectivity index (χ3v) is 7.59. The Kier molecular flexibility index (Phi) is 6.75. The van der Waals surface area contributed by atoms with E-state index in [4.69, 9.17) is 14.2 Å². The summed E-state index contributed by atoms with van der Waals surface area (Å²) in [6.45, 7) is 2.75.